The average molecular weight is 432 g/mol. The fourth-order valence-corrected chi connectivity index (χ4v) is 4.15. The Morgan fingerprint density at radius 2 is 1.50 bits per heavy atom. The second kappa shape index (κ2) is 8.22. The lowest BCUT2D eigenvalue weighted by Crippen LogP contribution is -2.29. The van der Waals surface area contributed by atoms with Crippen molar-refractivity contribution in [3.8, 4) is 23.0 Å². The van der Waals surface area contributed by atoms with Crippen LogP contribution in [0.4, 0.5) is 0 Å². The summed E-state index contributed by atoms with van der Waals surface area (Å²) < 4.78 is 27.6. The molecule has 1 atom stereocenters. The van der Waals surface area contributed by atoms with E-state index in [2.05, 4.69) is 0 Å². The van der Waals surface area contributed by atoms with Gasteiger partial charge in [0.15, 0.2) is 11.5 Å². The first-order chi connectivity index (χ1) is 15.6. The topological polar surface area (TPSA) is 66.4 Å². The average Bonchev–Trinajstić information content (AvgIpc) is 3.44. The molecule has 0 spiro atoms. The third-order valence-corrected chi connectivity index (χ3v) is 5.94. The number of benzene rings is 3. The monoisotopic (exact) mass is 432 g/mol. The Balaban J connectivity index is 1.59. The van der Waals surface area contributed by atoms with Gasteiger partial charge in [-0.3, -0.25) is 0 Å². The van der Waals surface area contributed by atoms with E-state index in [0.717, 1.165) is 33.8 Å². The van der Waals surface area contributed by atoms with E-state index in [1.54, 1.807) is 14.2 Å². The third-order valence-electron chi connectivity index (χ3n) is 5.94. The molecule has 0 fully saturated rings. The zero-order chi connectivity index (χ0) is 22.1. The van der Waals surface area contributed by atoms with Crippen LogP contribution in [0.15, 0.2) is 72.3 Å². The van der Waals surface area contributed by atoms with Crippen molar-refractivity contribution in [2.24, 2.45) is 0 Å². The van der Waals surface area contributed by atoms with Crippen LogP contribution >= 0.6 is 0 Å². The first-order valence-corrected chi connectivity index (χ1v) is 10.4. The predicted octanol–water partition coefficient (Wildman–Crippen LogP) is 4.30. The molecule has 164 valence electrons. The molecule has 1 N–H and O–H groups in total. The molecule has 0 bridgehead atoms. The summed E-state index contributed by atoms with van der Waals surface area (Å²) in [6, 6.07) is 20.9. The summed E-state index contributed by atoms with van der Waals surface area (Å²) >= 11 is 0. The Labute approximate surface area is 186 Å². The van der Waals surface area contributed by atoms with E-state index >= 15 is 0 Å². The van der Waals surface area contributed by atoms with Gasteiger partial charge in [-0.15, -0.1) is 0 Å². The summed E-state index contributed by atoms with van der Waals surface area (Å²) in [6.45, 7) is 0.483. The summed E-state index contributed by atoms with van der Waals surface area (Å²) in [5.74, 6) is 1.35. The highest BCUT2D eigenvalue weighted by Crippen LogP contribution is 2.45. The van der Waals surface area contributed by atoms with Gasteiger partial charge in [-0.2, -0.15) is 0 Å². The maximum atomic E-state index is 11.8. The molecule has 1 unspecified atom stereocenters. The number of rotatable bonds is 6. The van der Waals surface area contributed by atoms with E-state index < -0.39 is 5.79 Å². The van der Waals surface area contributed by atoms with Crippen LogP contribution in [0.3, 0.4) is 0 Å². The lowest BCUT2D eigenvalue weighted by atomic mass is 9.88. The van der Waals surface area contributed by atoms with Gasteiger partial charge in [-0.05, 0) is 71.7 Å². The molecule has 0 aromatic heterocycles. The second-order valence-electron chi connectivity index (χ2n) is 7.71. The molecule has 3 aromatic rings. The molecule has 6 heteroatoms. The standard InChI is InChI=1S/C26H24O6/c1-28-20-8-3-17(4-9-20)13-23-22(18-5-12-24-25(14-18)31-16-30-24)15-32-26(23,27)19-6-10-21(29-2)11-7-19/h3-12,14,27H,13,15-16H2,1-2H3. The Hall–Kier alpha value is -3.48. The van der Waals surface area contributed by atoms with Gasteiger partial charge in [0.05, 0.1) is 20.8 Å². The number of hydrogen-bond donors (Lipinski definition) is 1. The lowest BCUT2D eigenvalue weighted by molar-refractivity contribution is -0.162. The van der Waals surface area contributed by atoms with E-state index in [0.29, 0.717) is 23.5 Å². The van der Waals surface area contributed by atoms with Crippen LogP contribution in [-0.2, 0) is 16.9 Å². The van der Waals surface area contributed by atoms with Crippen LogP contribution < -0.4 is 18.9 Å². The molecule has 32 heavy (non-hydrogen) atoms. The van der Waals surface area contributed by atoms with Gasteiger partial charge >= 0.3 is 0 Å². The van der Waals surface area contributed by atoms with Crippen molar-refractivity contribution in [1.82, 2.24) is 0 Å². The molecular formula is C26H24O6. The molecular weight excluding hydrogens is 408 g/mol. The van der Waals surface area contributed by atoms with Crippen molar-refractivity contribution in [2.75, 3.05) is 27.6 Å². The van der Waals surface area contributed by atoms with Crippen molar-refractivity contribution in [2.45, 2.75) is 12.2 Å². The summed E-state index contributed by atoms with van der Waals surface area (Å²) in [5, 5.41) is 11.8. The lowest BCUT2D eigenvalue weighted by Gasteiger charge is -2.27. The number of aliphatic hydroxyl groups is 1. The maximum Gasteiger partial charge on any atom is 0.231 e. The SMILES string of the molecule is COc1ccc(CC2=C(c3ccc4c(c3)OCO4)COC2(O)c2ccc(OC)cc2)cc1. The summed E-state index contributed by atoms with van der Waals surface area (Å²) in [5.41, 5.74) is 4.33. The fraction of sp³-hybridized carbons (Fsp3) is 0.231. The van der Waals surface area contributed by atoms with Gasteiger partial charge in [-0.1, -0.05) is 18.2 Å². The van der Waals surface area contributed by atoms with Gasteiger partial charge in [-0.25, -0.2) is 0 Å². The highest BCUT2D eigenvalue weighted by Gasteiger charge is 2.42. The molecule has 2 aliphatic rings. The summed E-state index contributed by atoms with van der Waals surface area (Å²) in [4.78, 5) is 0. The molecule has 2 aliphatic heterocycles. The van der Waals surface area contributed by atoms with Gasteiger partial charge in [0.25, 0.3) is 0 Å². The zero-order valence-corrected chi connectivity index (χ0v) is 18.0. The Morgan fingerprint density at radius 1 is 0.844 bits per heavy atom. The van der Waals surface area contributed by atoms with E-state index in [4.69, 9.17) is 23.7 Å². The third kappa shape index (κ3) is 3.57. The van der Waals surface area contributed by atoms with E-state index in [-0.39, 0.29) is 13.4 Å². The highest BCUT2D eigenvalue weighted by molar-refractivity contribution is 5.75. The van der Waals surface area contributed by atoms with Crippen molar-refractivity contribution in [3.63, 3.8) is 0 Å². The fourth-order valence-electron chi connectivity index (χ4n) is 4.15. The quantitative estimate of drug-likeness (QED) is 0.626. The Bertz CT molecular complexity index is 1150. The number of methoxy groups -OCH3 is 2. The van der Waals surface area contributed by atoms with Crippen LogP contribution in [0.1, 0.15) is 16.7 Å². The van der Waals surface area contributed by atoms with E-state index in [1.165, 1.54) is 0 Å². The molecule has 0 aliphatic carbocycles. The minimum atomic E-state index is -1.56. The molecule has 0 amide bonds. The van der Waals surface area contributed by atoms with Crippen LogP contribution in [0.5, 0.6) is 23.0 Å². The van der Waals surface area contributed by atoms with E-state index in [9.17, 15) is 5.11 Å². The molecule has 2 heterocycles. The number of hydrogen-bond acceptors (Lipinski definition) is 6. The second-order valence-corrected chi connectivity index (χ2v) is 7.71. The smallest absolute Gasteiger partial charge is 0.231 e. The van der Waals surface area contributed by atoms with Crippen LogP contribution in [0.2, 0.25) is 0 Å². The Morgan fingerprint density at radius 3 is 2.19 bits per heavy atom. The predicted molar refractivity (Wildman–Crippen MR) is 119 cm³/mol. The molecule has 5 rings (SSSR count). The molecule has 0 saturated heterocycles. The van der Waals surface area contributed by atoms with Crippen molar-refractivity contribution >= 4 is 5.57 Å². The van der Waals surface area contributed by atoms with Crippen LogP contribution in [-0.4, -0.2) is 32.7 Å². The van der Waals surface area contributed by atoms with Crippen LogP contribution in [0.25, 0.3) is 5.57 Å². The number of fused-ring (bicyclic) bond motifs is 1. The van der Waals surface area contributed by atoms with Gasteiger partial charge in [0.2, 0.25) is 12.6 Å². The van der Waals surface area contributed by atoms with Gasteiger partial charge in [0, 0.05) is 11.1 Å². The van der Waals surface area contributed by atoms with Crippen LogP contribution in [0, 0.1) is 0 Å². The largest absolute Gasteiger partial charge is 0.497 e. The van der Waals surface area contributed by atoms with Crippen molar-refractivity contribution in [3.05, 3.63) is 89.0 Å². The number of ether oxygens (including phenoxy) is 5. The summed E-state index contributed by atoms with van der Waals surface area (Å²) in [6.07, 6.45) is 0.510. The molecule has 3 aromatic carbocycles. The molecule has 0 saturated carbocycles. The molecule has 0 radical (unpaired) electrons. The normalized spacial score (nSPS) is 19.3. The Kier molecular flexibility index (Phi) is 5.25. The minimum absolute atomic E-state index is 0.211. The van der Waals surface area contributed by atoms with Crippen molar-refractivity contribution < 1.29 is 28.8 Å². The zero-order valence-electron chi connectivity index (χ0n) is 18.0. The maximum absolute atomic E-state index is 11.8. The highest BCUT2D eigenvalue weighted by atomic mass is 16.7. The summed E-state index contributed by atoms with van der Waals surface area (Å²) in [7, 11) is 3.26. The van der Waals surface area contributed by atoms with Gasteiger partial charge < -0.3 is 28.8 Å². The van der Waals surface area contributed by atoms with Crippen molar-refractivity contribution in [1.29, 1.82) is 0 Å². The minimum Gasteiger partial charge on any atom is -0.497 e. The van der Waals surface area contributed by atoms with E-state index in [1.807, 2.05) is 66.7 Å². The first-order valence-electron chi connectivity index (χ1n) is 10.4. The first kappa shape index (κ1) is 20.4. The van der Waals surface area contributed by atoms with Gasteiger partial charge in [0.1, 0.15) is 11.5 Å². The molecule has 6 nitrogen and oxygen atoms in total.